The first-order valence-electron chi connectivity index (χ1n) is 8.35. The minimum atomic E-state index is -0.843. The predicted octanol–water partition coefficient (Wildman–Crippen LogP) is 2.02. The van der Waals surface area contributed by atoms with Gasteiger partial charge in [0.15, 0.2) is 0 Å². The van der Waals surface area contributed by atoms with Crippen molar-refractivity contribution in [3.8, 4) is 0 Å². The number of rotatable bonds is 5. The molecular formula is C17H28N2O3. The first kappa shape index (κ1) is 17.0. The number of likely N-dealkylation sites (tertiary alicyclic amines) is 1. The molecule has 5 heteroatoms. The van der Waals surface area contributed by atoms with Crippen LogP contribution in [0, 0.1) is 17.3 Å². The van der Waals surface area contributed by atoms with Gasteiger partial charge in [0.2, 0.25) is 5.91 Å². The highest BCUT2D eigenvalue weighted by atomic mass is 16.4. The lowest BCUT2D eigenvalue weighted by atomic mass is 9.76. The van der Waals surface area contributed by atoms with Crippen molar-refractivity contribution < 1.29 is 14.7 Å². The number of hydrogen-bond acceptors (Lipinski definition) is 3. The lowest BCUT2D eigenvalue weighted by molar-refractivity contribution is -0.156. The van der Waals surface area contributed by atoms with Gasteiger partial charge in [-0.15, -0.1) is 6.58 Å². The van der Waals surface area contributed by atoms with Gasteiger partial charge in [-0.25, -0.2) is 0 Å². The van der Waals surface area contributed by atoms with E-state index in [-0.39, 0.29) is 11.8 Å². The third-order valence-corrected chi connectivity index (χ3v) is 5.41. The maximum atomic E-state index is 12.7. The van der Waals surface area contributed by atoms with Crippen LogP contribution in [0.4, 0.5) is 0 Å². The monoisotopic (exact) mass is 308 g/mol. The quantitative estimate of drug-likeness (QED) is 0.761. The second kappa shape index (κ2) is 7.27. The number of allylic oxidation sites excluding steroid dienone is 1. The Kier molecular flexibility index (Phi) is 5.62. The molecule has 1 saturated heterocycles. The molecule has 0 aromatic carbocycles. The van der Waals surface area contributed by atoms with Crippen LogP contribution in [0.1, 0.15) is 44.9 Å². The van der Waals surface area contributed by atoms with Gasteiger partial charge in [-0.3, -0.25) is 9.59 Å². The van der Waals surface area contributed by atoms with Crippen LogP contribution in [0.3, 0.4) is 0 Å². The molecule has 1 aliphatic heterocycles. The molecule has 0 radical (unpaired) electrons. The fourth-order valence-corrected chi connectivity index (χ4v) is 3.93. The van der Waals surface area contributed by atoms with Crippen LogP contribution >= 0.6 is 0 Å². The normalized spacial score (nSPS) is 32.5. The number of carboxylic acids is 1. The Morgan fingerprint density at radius 1 is 1.32 bits per heavy atom. The summed E-state index contributed by atoms with van der Waals surface area (Å²) in [6.45, 7) is 5.39. The maximum Gasteiger partial charge on any atom is 0.311 e. The van der Waals surface area contributed by atoms with E-state index in [2.05, 4.69) is 6.58 Å². The van der Waals surface area contributed by atoms with Crippen LogP contribution in [-0.2, 0) is 9.59 Å². The second-order valence-electron chi connectivity index (χ2n) is 6.89. The van der Waals surface area contributed by atoms with Crippen molar-refractivity contribution in [3.63, 3.8) is 0 Å². The summed E-state index contributed by atoms with van der Waals surface area (Å²) in [6, 6.07) is 0. The molecule has 3 N–H and O–H groups in total. The summed E-state index contributed by atoms with van der Waals surface area (Å²) >= 11 is 0. The zero-order valence-electron chi connectivity index (χ0n) is 13.3. The maximum absolute atomic E-state index is 12.7. The molecule has 0 spiro atoms. The fraction of sp³-hybridized carbons (Fsp3) is 0.765. The molecule has 2 rings (SSSR count). The highest BCUT2D eigenvalue weighted by Crippen LogP contribution is 2.36. The van der Waals surface area contributed by atoms with E-state index in [0.717, 1.165) is 32.1 Å². The third kappa shape index (κ3) is 3.51. The Balaban J connectivity index is 2.01. The molecule has 22 heavy (non-hydrogen) atoms. The smallest absolute Gasteiger partial charge is 0.311 e. The van der Waals surface area contributed by atoms with E-state index in [1.165, 1.54) is 0 Å². The first-order chi connectivity index (χ1) is 10.5. The average Bonchev–Trinajstić information content (AvgIpc) is 2.54. The van der Waals surface area contributed by atoms with E-state index in [1.54, 1.807) is 11.0 Å². The Morgan fingerprint density at radius 3 is 2.55 bits per heavy atom. The van der Waals surface area contributed by atoms with Crippen molar-refractivity contribution in [3.05, 3.63) is 12.7 Å². The highest BCUT2D eigenvalue weighted by molar-refractivity contribution is 5.81. The number of amides is 1. The van der Waals surface area contributed by atoms with Gasteiger partial charge in [-0.1, -0.05) is 6.08 Å². The van der Waals surface area contributed by atoms with Gasteiger partial charge >= 0.3 is 5.97 Å². The van der Waals surface area contributed by atoms with E-state index < -0.39 is 11.4 Å². The standard InChI is InChI=1S/C17H28N2O3/c1-2-8-17(16(21)22)9-3-10-19(12-17)15(20)14-6-4-13(11-18)5-7-14/h2,13-14H,1,3-12,18H2,(H,21,22)/t13?,14?,17-/m1/s1. The summed E-state index contributed by atoms with van der Waals surface area (Å²) in [5.74, 6) is -0.0676. The number of hydrogen-bond donors (Lipinski definition) is 2. The second-order valence-corrected chi connectivity index (χ2v) is 6.89. The van der Waals surface area contributed by atoms with E-state index in [1.807, 2.05) is 0 Å². The molecule has 1 amide bonds. The molecule has 124 valence electrons. The molecule has 0 aromatic rings. The number of aliphatic carboxylic acids is 1. The summed E-state index contributed by atoms with van der Waals surface area (Å²) in [5, 5.41) is 9.60. The van der Waals surface area contributed by atoms with Crippen LogP contribution in [0.25, 0.3) is 0 Å². The molecule has 1 heterocycles. The van der Waals surface area contributed by atoms with Gasteiger partial charge in [0.05, 0.1) is 5.41 Å². The number of carboxylic acid groups (broad SMARTS) is 1. The van der Waals surface area contributed by atoms with Crippen LogP contribution in [0.15, 0.2) is 12.7 Å². The van der Waals surface area contributed by atoms with Gasteiger partial charge < -0.3 is 15.7 Å². The highest BCUT2D eigenvalue weighted by Gasteiger charge is 2.43. The number of carbonyl (C=O) groups excluding carboxylic acids is 1. The van der Waals surface area contributed by atoms with Crippen LogP contribution < -0.4 is 5.73 Å². The molecule has 1 saturated carbocycles. The van der Waals surface area contributed by atoms with Gasteiger partial charge in [0.25, 0.3) is 0 Å². The molecule has 1 atom stereocenters. The fourth-order valence-electron chi connectivity index (χ4n) is 3.93. The lowest BCUT2D eigenvalue weighted by Gasteiger charge is -2.41. The van der Waals surface area contributed by atoms with E-state index in [4.69, 9.17) is 5.73 Å². The SMILES string of the molecule is C=CC[C@@]1(C(=O)O)CCCN(C(=O)C2CCC(CN)CC2)C1. The molecular weight excluding hydrogens is 280 g/mol. The van der Waals surface area contributed by atoms with E-state index in [0.29, 0.717) is 38.4 Å². The predicted molar refractivity (Wildman–Crippen MR) is 85.2 cm³/mol. The minimum absolute atomic E-state index is 0.0520. The molecule has 2 aliphatic rings. The molecule has 0 aromatic heterocycles. The van der Waals surface area contributed by atoms with Crippen LogP contribution in [0.2, 0.25) is 0 Å². The molecule has 5 nitrogen and oxygen atoms in total. The van der Waals surface area contributed by atoms with Crippen molar-refractivity contribution in [1.82, 2.24) is 4.90 Å². The van der Waals surface area contributed by atoms with E-state index >= 15 is 0 Å². The van der Waals surface area contributed by atoms with Crippen molar-refractivity contribution in [2.75, 3.05) is 19.6 Å². The Morgan fingerprint density at radius 2 is 2.00 bits per heavy atom. The Hall–Kier alpha value is -1.36. The van der Waals surface area contributed by atoms with Crippen molar-refractivity contribution in [2.24, 2.45) is 23.0 Å². The average molecular weight is 308 g/mol. The van der Waals surface area contributed by atoms with Crippen molar-refractivity contribution >= 4 is 11.9 Å². The topological polar surface area (TPSA) is 83.6 Å². The number of nitrogens with zero attached hydrogens (tertiary/aromatic N) is 1. The van der Waals surface area contributed by atoms with Gasteiger partial charge in [0.1, 0.15) is 0 Å². The summed E-state index contributed by atoms with van der Waals surface area (Å²) in [4.78, 5) is 26.2. The number of carbonyl (C=O) groups is 2. The van der Waals surface area contributed by atoms with E-state index in [9.17, 15) is 14.7 Å². The zero-order valence-corrected chi connectivity index (χ0v) is 13.3. The van der Waals surface area contributed by atoms with Gasteiger partial charge in [-0.05, 0) is 57.4 Å². The first-order valence-corrected chi connectivity index (χ1v) is 8.35. The largest absolute Gasteiger partial charge is 0.481 e. The van der Waals surface area contributed by atoms with Gasteiger partial charge in [-0.2, -0.15) is 0 Å². The minimum Gasteiger partial charge on any atom is -0.481 e. The van der Waals surface area contributed by atoms with Crippen LogP contribution in [0.5, 0.6) is 0 Å². The Labute approximate surface area is 132 Å². The van der Waals surface area contributed by atoms with Gasteiger partial charge in [0, 0.05) is 19.0 Å². The summed E-state index contributed by atoms with van der Waals surface area (Å²) < 4.78 is 0. The number of piperidine rings is 1. The summed E-state index contributed by atoms with van der Waals surface area (Å²) in [5.41, 5.74) is 4.86. The number of nitrogens with two attached hydrogens (primary N) is 1. The Bertz CT molecular complexity index is 430. The molecule has 0 bridgehead atoms. The molecule has 0 unspecified atom stereocenters. The zero-order chi connectivity index (χ0) is 16.2. The third-order valence-electron chi connectivity index (χ3n) is 5.41. The van der Waals surface area contributed by atoms with Crippen molar-refractivity contribution in [2.45, 2.75) is 44.9 Å². The van der Waals surface area contributed by atoms with Crippen LogP contribution in [-0.4, -0.2) is 41.5 Å². The molecule has 2 fully saturated rings. The summed E-state index contributed by atoms with van der Waals surface area (Å²) in [6.07, 6.45) is 7.26. The lowest BCUT2D eigenvalue weighted by Crippen LogP contribution is -2.51. The van der Waals surface area contributed by atoms with Crippen molar-refractivity contribution in [1.29, 1.82) is 0 Å². The molecule has 1 aliphatic carbocycles. The summed E-state index contributed by atoms with van der Waals surface area (Å²) in [7, 11) is 0.